The van der Waals surface area contributed by atoms with Crippen molar-refractivity contribution in [2.75, 3.05) is 19.6 Å². The minimum Gasteiger partial charge on any atom is -0.493 e. The summed E-state index contributed by atoms with van der Waals surface area (Å²) in [5, 5.41) is 5.01. The molecule has 0 unspecified atom stereocenters. The Kier molecular flexibility index (Phi) is 4.97. The van der Waals surface area contributed by atoms with Gasteiger partial charge >= 0.3 is 0 Å². The zero-order valence-electron chi connectivity index (χ0n) is 12.5. The number of para-hydroxylation sites is 1. The van der Waals surface area contributed by atoms with Gasteiger partial charge in [-0.2, -0.15) is 5.10 Å². The van der Waals surface area contributed by atoms with Gasteiger partial charge in [-0.3, -0.25) is 5.43 Å². The molecule has 0 radical (unpaired) electrons. The molecule has 3 rings (SSSR count). The molecule has 0 saturated heterocycles. The highest BCUT2D eigenvalue weighted by Gasteiger charge is 2.09. The van der Waals surface area contributed by atoms with Crippen LogP contribution in [0.2, 0.25) is 0 Å². The van der Waals surface area contributed by atoms with E-state index in [9.17, 15) is 0 Å². The molecule has 7 heteroatoms. The van der Waals surface area contributed by atoms with Crippen molar-refractivity contribution >= 4 is 55.5 Å². The standard InChI is InChI=1S/C16H14IN3O2S/c1-21-13-8-10(7-11(17)15(13)22-2)9-18-20-16-19-12-5-3-4-6-14(12)23-16/h3-9H,1-2H3,(H,19,20)/b18-9-. The largest absolute Gasteiger partial charge is 0.493 e. The van der Waals surface area contributed by atoms with Crippen LogP contribution in [0.15, 0.2) is 41.5 Å². The molecule has 0 atom stereocenters. The predicted octanol–water partition coefficient (Wildman–Crippen LogP) is 4.36. The average molecular weight is 439 g/mol. The Morgan fingerprint density at radius 2 is 2.04 bits per heavy atom. The van der Waals surface area contributed by atoms with Crippen LogP contribution >= 0.6 is 33.9 Å². The SMILES string of the molecule is COc1cc(/C=N\Nc2nc3ccccc3s2)cc(I)c1OC. The molecule has 23 heavy (non-hydrogen) atoms. The van der Waals surface area contributed by atoms with Crippen molar-refractivity contribution in [3.05, 3.63) is 45.5 Å². The van der Waals surface area contributed by atoms with Crippen LogP contribution in [0, 0.1) is 3.57 Å². The van der Waals surface area contributed by atoms with E-state index in [2.05, 4.69) is 38.1 Å². The molecule has 0 aliphatic heterocycles. The molecule has 0 saturated carbocycles. The number of ether oxygens (including phenoxy) is 2. The van der Waals surface area contributed by atoms with Crippen LogP contribution in [0.1, 0.15) is 5.56 Å². The minimum atomic E-state index is 0.681. The van der Waals surface area contributed by atoms with E-state index < -0.39 is 0 Å². The highest BCUT2D eigenvalue weighted by molar-refractivity contribution is 14.1. The summed E-state index contributed by atoms with van der Waals surface area (Å²) in [6.45, 7) is 0. The Morgan fingerprint density at radius 1 is 1.22 bits per heavy atom. The molecule has 3 aromatic rings. The molecule has 1 N–H and O–H groups in total. The van der Waals surface area contributed by atoms with Crippen LogP contribution in [-0.2, 0) is 0 Å². The van der Waals surface area contributed by atoms with Gasteiger partial charge in [0, 0.05) is 0 Å². The fourth-order valence-corrected chi connectivity index (χ4v) is 3.76. The third-order valence-corrected chi connectivity index (χ3v) is 4.87. The number of nitrogens with one attached hydrogen (secondary N) is 1. The number of thiazole rings is 1. The van der Waals surface area contributed by atoms with Crippen LogP contribution < -0.4 is 14.9 Å². The number of nitrogens with zero attached hydrogens (tertiary/aromatic N) is 2. The molecular weight excluding hydrogens is 425 g/mol. The zero-order chi connectivity index (χ0) is 16.2. The predicted molar refractivity (Wildman–Crippen MR) is 103 cm³/mol. The molecule has 118 valence electrons. The van der Waals surface area contributed by atoms with Gasteiger partial charge in [0.2, 0.25) is 5.13 Å². The van der Waals surface area contributed by atoms with Crippen LogP contribution in [-0.4, -0.2) is 25.4 Å². The van der Waals surface area contributed by atoms with Gasteiger partial charge in [-0.15, -0.1) is 0 Å². The van der Waals surface area contributed by atoms with Crippen LogP contribution in [0.5, 0.6) is 11.5 Å². The smallest absolute Gasteiger partial charge is 0.204 e. The van der Waals surface area contributed by atoms with Gasteiger partial charge < -0.3 is 9.47 Å². The molecule has 0 aliphatic carbocycles. The Hall–Kier alpha value is -1.87. The number of anilines is 1. The van der Waals surface area contributed by atoms with Crippen LogP contribution in [0.25, 0.3) is 10.2 Å². The van der Waals surface area contributed by atoms with Gasteiger partial charge in [-0.25, -0.2) is 4.98 Å². The van der Waals surface area contributed by atoms with Gasteiger partial charge in [0.15, 0.2) is 11.5 Å². The van der Waals surface area contributed by atoms with E-state index in [-0.39, 0.29) is 0 Å². The number of benzene rings is 2. The zero-order valence-corrected chi connectivity index (χ0v) is 15.5. The van der Waals surface area contributed by atoms with E-state index in [1.54, 1.807) is 31.8 Å². The third kappa shape index (κ3) is 3.56. The van der Waals surface area contributed by atoms with E-state index in [0.29, 0.717) is 5.75 Å². The van der Waals surface area contributed by atoms with Gasteiger partial charge in [-0.1, -0.05) is 23.5 Å². The molecule has 2 aromatic carbocycles. The minimum absolute atomic E-state index is 0.681. The lowest BCUT2D eigenvalue weighted by molar-refractivity contribution is 0.353. The molecule has 1 heterocycles. The maximum absolute atomic E-state index is 5.34. The summed E-state index contributed by atoms with van der Waals surface area (Å²) in [6, 6.07) is 11.9. The highest BCUT2D eigenvalue weighted by Crippen LogP contribution is 2.33. The number of halogens is 1. The first-order valence-corrected chi connectivity index (χ1v) is 8.67. The second kappa shape index (κ2) is 7.14. The molecule has 5 nitrogen and oxygen atoms in total. The molecule has 1 aromatic heterocycles. The van der Waals surface area contributed by atoms with Gasteiger partial charge in [0.05, 0.1) is 34.2 Å². The van der Waals surface area contributed by atoms with E-state index >= 15 is 0 Å². The lowest BCUT2D eigenvalue weighted by Crippen LogP contribution is -1.96. The Morgan fingerprint density at radius 3 is 2.78 bits per heavy atom. The van der Waals surface area contributed by atoms with Crippen molar-refractivity contribution < 1.29 is 9.47 Å². The van der Waals surface area contributed by atoms with Crippen LogP contribution in [0.4, 0.5) is 5.13 Å². The Bertz CT molecular complexity index is 831. The van der Waals surface area contributed by atoms with E-state index in [0.717, 1.165) is 30.2 Å². The van der Waals surface area contributed by atoms with Crippen LogP contribution in [0.3, 0.4) is 0 Å². The summed E-state index contributed by atoms with van der Waals surface area (Å²) < 4.78 is 12.8. The van der Waals surface area contributed by atoms with Crippen molar-refractivity contribution in [3.63, 3.8) is 0 Å². The number of aromatic nitrogens is 1. The summed E-state index contributed by atoms with van der Waals surface area (Å²) in [5.74, 6) is 1.41. The van der Waals surface area contributed by atoms with E-state index in [1.165, 1.54) is 0 Å². The lowest BCUT2D eigenvalue weighted by Gasteiger charge is -2.10. The number of rotatable bonds is 5. The van der Waals surface area contributed by atoms with Crippen molar-refractivity contribution in [3.8, 4) is 11.5 Å². The topological polar surface area (TPSA) is 55.7 Å². The number of hydrogen-bond donors (Lipinski definition) is 1. The van der Waals surface area contributed by atoms with Crippen molar-refractivity contribution in [1.82, 2.24) is 4.98 Å². The second-order valence-electron chi connectivity index (χ2n) is 4.59. The molecule has 0 spiro atoms. The van der Waals surface area contributed by atoms with Crippen molar-refractivity contribution in [2.45, 2.75) is 0 Å². The molecule has 0 bridgehead atoms. The number of hydrazone groups is 1. The fourth-order valence-electron chi connectivity index (χ4n) is 2.09. The van der Waals surface area contributed by atoms with Crippen molar-refractivity contribution in [1.29, 1.82) is 0 Å². The Balaban J connectivity index is 1.78. The average Bonchev–Trinajstić information content (AvgIpc) is 2.97. The summed E-state index contributed by atoms with van der Waals surface area (Å²) in [4.78, 5) is 4.47. The second-order valence-corrected chi connectivity index (χ2v) is 6.79. The van der Waals surface area contributed by atoms with Gasteiger partial charge in [0.1, 0.15) is 0 Å². The first-order valence-electron chi connectivity index (χ1n) is 6.77. The summed E-state index contributed by atoms with van der Waals surface area (Å²) >= 11 is 3.78. The molecule has 0 fully saturated rings. The molecular formula is C16H14IN3O2S. The van der Waals surface area contributed by atoms with Gasteiger partial charge in [-0.05, 0) is 52.4 Å². The fraction of sp³-hybridized carbons (Fsp3) is 0.125. The maximum atomic E-state index is 5.34. The molecule has 0 amide bonds. The van der Waals surface area contributed by atoms with Crippen molar-refractivity contribution in [2.24, 2.45) is 5.10 Å². The summed E-state index contributed by atoms with van der Waals surface area (Å²) in [5.41, 5.74) is 4.86. The van der Waals surface area contributed by atoms with Gasteiger partial charge in [0.25, 0.3) is 0 Å². The summed E-state index contributed by atoms with van der Waals surface area (Å²) in [6.07, 6.45) is 1.73. The third-order valence-electron chi connectivity index (χ3n) is 3.12. The molecule has 0 aliphatic rings. The normalized spacial score (nSPS) is 11.1. The number of fused-ring (bicyclic) bond motifs is 1. The Labute approximate surface area is 151 Å². The number of methoxy groups -OCH3 is 2. The monoisotopic (exact) mass is 439 g/mol. The lowest BCUT2D eigenvalue weighted by atomic mass is 10.2. The first kappa shape index (κ1) is 16.0. The first-order chi connectivity index (χ1) is 11.2. The van der Waals surface area contributed by atoms with E-state index in [4.69, 9.17) is 9.47 Å². The highest BCUT2D eigenvalue weighted by atomic mass is 127. The maximum Gasteiger partial charge on any atom is 0.204 e. The quantitative estimate of drug-likeness (QED) is 0.365. The summed E-state index contributed by atoms with van der Waals surface area (Å²) in [7, 11) is 3.25. The number of hydrogen-bond acceptors (Lipinski definition) is 6. The van der Waals surface area contributed by atoms with E-state index in [1.807, 2.05) is 36.4 Å².